The van der Waals surface area contributed by atoms with Crippen molar-refractivity contribution in [3.63, 3.8) is 0 Å². The molecule has 1 aliphatic rings. The van der Waals surface area contributed by atoms with Crippen LogP contribution in [0.1, 0.15) is 47.0 Å². The van der Waals surface area contributed by atoms with Crippen molar-refractivity contribution in [2.45, 2.75) is 53.1 Å². The molecule has 2 heteroatoms. The Morgan fingerprint density at radius 1 is 1.59 bits per heavy atom. The number of aliphatic hydroxyl groups excluding tert-OH is 1. The van der Waals surface area contributed by atoms with Crippen molar-refractivity contribution in [2.75, 3.05) is 0 Å². The molecule has 0 aromatic rings. The van der Waals surface area contributed by atoms with Gasteiger partial charge in [-0.15, -0.1) is 0 Å². The van der Waals surface area contributed by atoms with Gasteiger partial charge in [0.25, 0.3) is 0 Å². The molecule has 3 atom stereocenters. The zero-order valence-electron chi connectivity index (χ0n) is 11.4. The van der Waals surface area contributed by atoms with Crippen LogP contribution in [0.5, 0.6) is 0 Å². The van der Waals surface area contributed by atoms with Gasteiger partial charge in [-0.25, -0.2) is 0 Å². The predicted octanol–water partition coefficient (Wildman–Crippen LogP) is 3.27. The number of carbonyl (C=O) groups excluding carboxylic acids is 1. The zero-order valence-corrected chi connectivity index (χ0v) is 11.4. The number of hydrogen-bond donors (Lipinski definition) is 1. The summed E-state index contributed by atoms with van der Waals surface area (Å²) in [5.74, 6) is 0.667. The summed E-state index contributed by atoms with van der Waals surface area (Å²) >= 11 is 0. The highest BCUT2D eigenvalue weighted by molar-refractivity contribution is 5.95. The van der Waals surface area contributed by atoms with Crippen LogP contribution in [-0.2, 0) is 4.79 Å². The van der Waals surface area contributed by atoms with Gasteiger partial charge in [-0.05, 0) is 57.1 Å². The lowest BCUT2D eigenvalue weighted by molar-refractivity contribution is -0.118. The molecule has 96 valence electrons. The molecule has 0 aromatic carbocycles. The number of hydrogen-bond acceptors (Lipinski definition) is 2. The molecule has 3 unspecified atom stereocenters. The minimum atomic E-state index is -0.450. The zero-order chi connectivity index (χ0) is 13.0. The Bertz CT molecular complexity index is 335. The summed E-state index contributed by atoms with van der Waals surface area (Å²) in [5, 5.41) is 9.99. The number of Topliss-reactive ketones (excluding diaryl/α,β-unsaturated/α-hetero) is 1. The van der Waals surface area contributed by atoms with E-state index in [0.717, 1.165) is 12.8 Å². The molecule has 0 amide bonds. The van der Waals surface area contributed by atoms with Crippen LogP contribution >= 0.6 is 0 Å². The van der Waals surface area contributed by atoms with E-state index in [1.54, 1.807) is 13.0 Å². The fraction of sp³-hybridized carbons (Fsp3) is 0.667. The van der Waals surface area contributed by atoms with Gasteiger partial charge in [-0.1, -0.05) is 18.6 Å². The number of ketones is 1. The van der Waals surface area contributed by atoms with Crippen molar-refractivity contribution in [3.05, 3.63) is 23.3 Å². The number of aliphatic hydroxyl groups is 1. The van der Waals surface area contributed by atoms with E-state index < -0.39 is 6.10 Å². The van der Waals surface area contributed by atoms with Crippen LogP contribution in [0.3, 0.4) is 0 Å². The van der Waals surface area contributed by atoms with Gasteiger partial charge in [0, 0.05) is 6.42 Å². The van der Waals surface area contributed by atoms with Crippen molar-refractivity contribution in [3.8, 4) is 0 Å². The summed E-state index contributed by atoms with van der Waals surface area (Å²) in [4.78, 5) is 11.6. The number of carbonyl (C=O) groups is 1. The largest absolute Gasteiger partial charge is 0.389 e. The van der Waals surface area contributed by atoms with Crippen molar-refractivity contribution < 1.29 is 9.90 Å². The van der Waals surface area contributed by atoms with Gasteiger partial charge in [-0.3, -0.25) is 4.79 Å². The SMILES string of the molecule is CC(C)=CCCC(C)C1CC(=O)C(C)=CC1O. The van der Waals surface area contributed by atoms with E-state index >= 15 is 0 Å². The van der Waals surface area contributed by atoms with Crippen LogP contribution in [0.15, 0.2) is 23.3 Å². The third kappa shape index (κ3) is 4.12. The summed E-state index contributed by atoms with van der Waals surface area (Å²) < 4.78 is 0. The summed E-state index contributed by atoms with van der Waals surface area (Å²) in [6, 6.07) is 0. The molecule has 0 spiro atoms. The fourth-order valence-electron chi connectivity index (χ4n) is 2.36. The fourth-order valence-corrected chi connectivity index (χ4v) is 2.36. The van der Waals surface area contributed by atoms with Crippen LogP contribution in [0.25, 0.3) is 0 Å². The first kappa shape index (κ1) is 14.2. The molecule has 0 aromatic heterocycles. The van der Waals surface area contributed by atoms with Gasteiger partial charge in [0.15, 0.2) is 5.78 Å². The highest BCUT2D eigenvalue weighted by atomic mass is 16.3. The van der Waals surface area contributed by atoms with E-state index in [4.69, 9.17) is 0 Å². The molecular weight excluding hydrogens is 212 g/mol. The van der Waals surface area contributed by atoms with Crippen molar-refractivity contribution in [1.29, 1.82) is 0 Å². The molecule has 17 heavy (non-hydrogen) atoms. The van der Waals surface area contributed by atoms with Gasteiger partial charge in [-0.2, -0.15) is 0 Å². The minimum absolute atomic E-state index is 0.0942. The number of allylic oxidation sites excluding steroid dienone is 3. The Labute approximate surface area is 104 Å². The first-order chi connectivity index (χ1) is 7.91. The average molecular weight is 236 g/mol. The quantitative estimate of drug-likeness (QED) is 0.761. The maximum absolute atomic E-state index is 11.6. The molecule has 0 aliphatic heterocycles. The lowest BCUT2D eigenvalue weighted by atomic mass is 9.77. The second kappa shape index (κ2) is 6.15. The third-order valence-corrected chi connectivity index (χ3v) is 3.63. The topological polar surface area (TPSA) is 37.3 Å². The van der Waals surface area contributed by atoms with Crippen molar-refractivity contribution in [1.82, 2.24) is 0 Å². The van der Waals surface area contributed by atoms with E-state index in [1.165, 1.54) is 5.57 Å². The van der Waals surface area contributed by atoms with Crippen LogP contribution in [0, 0.1) is 11.8 Å². The molecule has 0 bridgehead atoms. The van der Waals surface area contributed by atoms with Gasteiger partial charge < -0.3 is 5.11 Å². The van der Waals surface area contributed by atoms with Gasteiger partial charge in [0.05, 0.1) is 6.10 Å². The standard InChI is InChI=1S/C15H24O2/c1-10(2)6-5-7-11(3)13-9-14(16)12(4)8-15(13)17/h6,8,11,13,15,17H,5,7,9H2,1-4H3. The van der Waals surface area contributed by atoms with Crippen LogP contribution in [0.4, 0.5) is 0 Å². The van der Waals surface area contributed by atoms with Crippen molar-refractivity contribution >= 4 is 5.78 Å². The van der Waals surface area contributed by atoms with Gasteiger partial charge >= 0.3 is 0 Å². The molecule has 0 saturated carbocycles. The first-order valence-electron chi connectivity index (χ1n) is 6.45. The first-order valence-corrected chi connectivity index (χ1v) is 6.45. The second-order valence-electron chi connectivity index (χ2n) is 5.47. The highest BCUT2D eigenvalue weighted by Crippen LogP contribution is 2.30. The van der Waals surface area contributed by atoms with E-state index in [1.807, 2.05) is 0 Å². The Morgan fingerprint density at radius 3 is 2.82 bits per heavy atom. The molecule has 0 heterocycles. The van der Waals surface area contributed by atoms with E-state index in [9.17, 15) is 9.90 Å². The summed E-state index contributed by atoms with van der Waals surface area (Å²) in [5.41, 5.74) is 2.04. The monoisotopic (exact) mass is 236 g/mol. The summed E-state index contributed by atoms with van der Waals surface area (Å²) in [6.45, 7) is 8.11. The van der Waals surface area contributed by atoms with Gasteiger partial charge in [0.2, 0.25) is 0 Å². The Balaban J connectivity index is 2.55. The molecule has 0 radical (unpaired) electrons. The maximum atomic E-state index is 11.6. The van der Waals surface area contributed by atoms with Gasteiger partial charge in [0.1, 0.15) is 0 Å². The normalized spacial score (nSPS) is 26.4. The van der Waals surface area contributed by atoms with Crippen molar-refractivity contribution in [2.24, 2.45) is 11.8 Å². The minimum Gasteiger partial charge on any atom is -0.389 e. The Morgan fingerprint density at radius 2 is 2.24 bits per heavy atom. The lowest BCUT2D eigenvalue weighted by Gasteiger charge is -2.30. The molecule has 2 nitrogen and oxygen atoms in total. The van der Waals surface area contributed by atoms with E-state index in [2.05, 4.69) is 26.8 Å². The lowest BCUT2D eigenvalue weighted by Crippen LogP contribution is -2.32. The van der Waals surface area contributed by atoms with Crippen LogP contribution in [0.2, 0.25) is 0 Å². The molecule has 0 fully saturated rings. The molecule has 1 N–H and O–H groups in total. The maximum Gasteiger partial charge on any atom is 0.158 e. The molecular formula is C15H24O2. The second-order valence-corrected chi connectivity index (χ2v) is 5.47. The molecule has 1 aliphatic carbocycles. The van der Waals surface area contributed by atoms with E-state index in [0.29, 0.717) is 17.9 Å². The summed E-state index contributed by atoms with van der Waals surface area (Å²) in [6.07, 6.45) is 6.05. The highest BCUT2D eigenvalue weighted by Gasteiger charge is 2.30. The van der Waals surface area contributed by atoms with Crippen LogP contribution in [-0.4, -0.2) is 17.0 Å². The van der Waals surface area contributed by atoms with E-state index in [-0.39, 0.29) is 11.7 Å². The predicted molar refractivity (Wildman–Crippen MR) is 70.7 cm³/mol. The molecule has 0 saturated heterocycles. The third-order valence-electron chi connectivity index (χ3n) is 3.63. The van der Waals surface area contributed by atoms with Crippen LogP contribution < -0.4 is 0 Å². The Kier molecular flexibility index (Phi) is 5.13. The number of rotatable bonds is 4. The molecule has 1 rings (SSSR count). The Hall–Kier alpha value is -0.890. The smallest absolute Gasteiger partial charge is 0.158 e. The summed E-state index contributed by atoms with van der Waals surface area (Å²) in [7, 11) is 0. The average Bonchev–Trinajstić information content (AvgIpc) is 2.22.